The van der Waals surface area contributed by atoms with Crippen molar-refractivity contribution in [3.05, 3.63) is 18.3 Å². The van der Waals surface area contributed by atoms with Crippen molar-refractivity contribution in [1.29, 1.82) is 0 Å². The molecule has 0 aliphatic carbocycles. The SMILES string of the molecule is CC(C)(C)OC(=O)N1CCN(c2ccc(N3CC(S(=O)(=O)Cl)CC3=O)cn2)CC1. The molecule has 3 rings (SSSR count). The number of hydrogen-bond donors (Lipinski definition) is 0. The molecule has 0 radical (unpaired) electrons. The molecular formula is C18H25ClN4O5S. The van der Waals surface area contributed by atoms with Gasteiger partial charge in [0.05, 0.1) is 11.9 Å². The monoisotopic (exact) mass is 444 g/mol. The van der Waals surface area contributed by atoms with E-state index in [4.69, 9.17) is 15.4 Å². The maximum Gasteiger partial charge on any atom is 0.410 e. The molecular weight excluding hydrogens is 420 g/mol. The van der Waals surface area contributed by atoms with Gasteiger partial charge in [-0.05, 0) is 32.9 Å². The number of hydrogen-bond acceptors (Lipinski definition) is 7. The molecule has 0 spiro atoms. The molecule has 1 aromatic heterocycles. The standard InChI is InChI=1S/C18H25ClN4O5S/c1-18(2,3)28-17(25)22-8-6-21(7-9-22)15-5-4-13(11-20-15)23-12-14(10-16(23)24)29(19,26)27/h4-5,11,14H,6-10,12H2,1-3H3. The molecule has 0 bridgehead atoms. The number of piperazine rings is 1. The van der Waals surface area contributed by atoms with Crippen molar-refractivity contribution in [1.82, 2.24) is 9.88 Å². The van der Waals surface area contributed by atoms with E-state index in [0.717, 1.165) is 5.82 Å². The molecule has 160 valence electrons. The van der Waals surface area contributed by atoms with Crippen LogP contribution in [0.1, 0.15) is 27.2 Å². The van der Waals surface area contributed by atoms with Gasteiger partial charge in [0.2, 0.25) is 15.0 Å². The van der Waals surface area contributed by atoms with Crippen LogP contribution in [0.3, 0.4) is 0 Å². The highest BCUT2D eigenvalue weighted by atomic mass is 35.7. The number of amides is 2. The Morgan fingerprint density at radius 1 is 1.21 bits per heavy atom. The Morgan fingerprint density at radius 3 is 2.34 bits per heavy atom. The van der Waals surface area contributed by atoms with E-state index in [2.05, 4.69) is 4.98 Å². The first kappa shape index (κ1) is 21.6. The molecule has 1 unspecified atom stereocenters. The zero-order valence-corrected chi connectivity index (χ0v) is 18.2. The van der Waals surface area contributed by atoms with Crippen LogP contribution in [-0.2, 0) is 18.6 Å². The second-order valence-electron chi connectivity index (χ2n) is 8.14. The average Bonchev–Trinajstić information content (AvgIpc) is 3.03. The van der Waals surface area contributed by atoms with Crippen molar-refractivity contribution >= 4 is 43.2 Å². The van der Waals surface area contributed by atoms with E-state index < -0.39 is 19.9 Å². The van der Waals surface area contributed by atoms with E-state index in [-0.39, 0.29) is 25.0 Å². The molecule has 2 aliphatic heterocycles. The molecule has 9 nitrogen and oxygen atoms in total. The molecule has 0 N–H and O–H groups in total. The summed E-state index contributed by atoms with van der Waals surface area (Å²) in [6.45, 7) is 7.81. The van der Waals surface area contributed by atoms with Crippen molar-refractivity contribution in [2.45, 2.75) is 38.0 Å². The van der Waals surface area contributed by atoms with Crippen LogP contribution >= 0.6 is 10.7 Å². The molecule has 11 heteroatoms. The molecule has 2 aliphatic rings. The predicted octanol–water partition coefficient (Wildman–Crippen LogP) is 1.81. The topological polar surface area (TPSA) is 100 Å². The average molecular weight is 445 g/mol. The van der Waals surface area contributed by atoms with Crippen LogP contribution < -0.4 is 9.80 Å². The van der Waals surface area contributed by atoms with E-state index in [9.17, 15) is 18.0 Å². The van der Waals surface area contributed by atoms with Crippen LogP contribution in [0.5, 0.6) is 0 Å². The van der Waals surface area contributed by atoms with Gasteiger partial charge in [0, 0.05) is 49.8 Å². The molecule has 0 aromatic carbocycles. The Labute approximate surface area is 175 Å². The maximum absolute atomic E-state index is 12.2. The largest absolute Gasteiger partial charge is 0.444 e. The molecule has 1 aromatic rings. The molecule has 29 heavy (non-hydrogen) atoms. The molecule has 3 heterocycles. The van der Waals surface area contributed by atoms with E-state index in [1.54, 1.807) is 23.2 Å². The summed E-state index contributed by atoms with van der Waals surface area (Å²) in [5.41, 5.74) is 0.00871. The third-order valence-electron chi connectivity index (χ3n) is 4.79. The normalized spacial score (nSPS) is 20.9. The third kappa shape index (κ3) is 5.30. The zero-order valence-electron chi connectivity index (χ0n) is 16.7. The number of anilines is 2. The minimum atomic E-state index is -3.79. The molecule has 0 saturated carbocycles. The minimum Gasteiger partial charge on any atom is -0.444 e. The van der Waals surface area contributed by atoms with Gasteiger partial charge in [-0.25, -0.2) is 18.2 Å². The van der Waals surface area contributed by atoms with Gasteiger partial charge in [0.15, 0.2) is 0 Å². The fourth-order valence-corrected chi connectivity index (χ4v) is 4.31. The number of rotatable bonds is 3. The number of nitrogens with zero attached hydrogens (tertiary/aromatic N) is 4. The summed E-state index contributed by atoms with van der Waals surface area (Å²) < 4.78 is 28.4. The Hall–Kier alpha value is -2.07. The summed E-state index contributed by atoms with van der Waals surface area (Å²) in [5.74, 6) is 0.436. The Balaban J connectivity index is 1.59. The Kier molecular flexibility index (Phi) is 5.96. The highest BCUT2D eigenvalue weighted by molar-refractivity contribution is 8.14. The fourth-order valence-electron chi connectivity index (χ4n) is 3.28. The highest BCUT2D eigenvalue weighted by Gasteiger charge is 2.38. The first-order chi connectivity index (χ1) is 13.4. The molecule has 2 fully saturated rings. The third-order valence-corrected chi connectivity index (χ3v) is 6.65. The Morgan fingerprint density at radius 2 is 1.86 bits per heavy atom. The summed E-state index contributed by atoms with van der Waals surface area (Å²) in [5, 5.41) is -0.905. The number of ether oxygens (including phenoxy) is 1. The van der Waals surface area contributed by atoms with Gasteiger partial charge in [-0.1, -0.05) is 0 Å². The fraction of sp³-hybridized carbons (Fsp3) is 0.611. The van der Waals surface area contributed by atoms with Crippen LogP contribution in [0.15, 0.2) is 18.3 Å². The van der Waals surface area contributed by atoms with E-state index in [1.165, 1.54) is 4.90 Å². The smallest absolute Gasteiger partial charge is 0.410 e. The van der Waals surface area contributed by atoms with Crippen LogP contribution in [-0.4, -0.2) is 73.9 Å². The number of carbonyl (C=O) groups excluding carboxylic acids is 2. The van der Waals surface area contributed by atoms with E-state index in [1.807, 2.05) is 25.7 Å². The highest BCUT2D eigenvalue weighted by Crippen LogP contribution is 2.27. The van der Waals surface area contributed by atoms with Crippen molar-refractivity contribution in [3.63, 3.8) is 0 Å². The van der Waals surface area contributed by atoms with Gasteiger partial charge >= 0.3 is 6.09 Å². The van der Waals surface area contributed by atoms with Crippen LogP contribution in [0.2, 0.25) is 0 Å². The van der Waals surface area contributed by atoms with Crippen LogP contribution in [0.4, 0.5) is 16.3 Å². The molecule has 1 atom stereocenters. The number of carbonyl (C=O) groups is 2. The Bertz CT molecular complexity index is 877. The zero-order chi connectivity index (χ0) is 21.4. The van der Waals surface area contributed by atoms with Crippen molar-refractivity contribution < 1.29 is 22.7 Å². The summed E-state index contributed by atoms with van der Waals surface area (Å²) in [6.07, 6.45) is 1.11. The van der Waals surface area contributed by atoms with Crippen molar-refractivity contribution in [2.75, 3.05) is 42.5 Å². The summed E-state index contributed by atoms with van der Waals surface area (Å²) in [7, 11) is 1.60. The van der Waals surface area contributed by atoms with E-state index >= 15 is 0 Å². The predicted molar refractivity (Wildman–Crippen MR) is 110 cm³/mol. The number of halogens is 1. The van der Waals surface area contributed by atoms with Gasteiger partial charge in [-0.3, -0.25) is 4.79 Å². The lowest BCUT2D eigenvalue weighted by molar-refractivity contribution is -0.117. The lowest BCUT2D eigenvalue weighted by Crippen LogP contribution is -2.50. The first-order valence-electron chi connectivity index (χ1n) is 9.37. The van der Waals surface area contributed by atoms with Gasteiger partial charge < -0.3 is 19.4 Å². The van der Waals surface area contributed by atoms with Gasteiger partial charge in [0.1, 0.15) is 16.7 Å². The van der Waals surface area contributed by atoms with Crippen LogP contribution in [0.25, 0.3) is 0 Å². The lowest BCUT2D eigenvalue weighted by Gasteiger charge is -2.36. The summed E-state index contributed by atoms with van der Waals surface area (Å²) in [4.78, 5) is 33.8. The summed E-state index contributed by atoms with van der Waals surface area (Å²) >= 11 is 0. The van der Waals surface area contributed by atoms with Crippen molar-refractivity contribution in [3.8, 4) is 0 Å². The van der Waals surface area contributed by atoms with Crippen molar-refractivity contribution in [2.24, 2.45) is 0 Å². The van der Waals surface area contributed by atoms with Crippen LogP contribution in [0, 0.1) is 0 Å². The summed E-state index contributed by atoms with van der Waals surface area (Å²) in [6, 6.07) is 3.53. The number of pyridine rings is 1. The maximum atomic E-state index is 12.2. The molecule has 2 saturated heterocycles. The van der Waals surface area contributed by atoms with E-state index in [0.29, 0.717) is 31.9 Å². The first-order valence-corrected chi connectivity index (χ1v) is 11.7. The second-order valence-corrected chi connectivity index (χ2v) is 11.0. The lowest BCUT2D eigenvalue weighted by atomic mass is 10.2. The number of aromatic nitrogens is 1. The quantitative estimate of drug-likeness (QED) is 0.655. The second kappa shape index (κ2) is 7.98. The van der Waals surface area contributed by atoms with Gasteiger partial charge in [0.25, 0.3) is 0 Å². The minimum absolute atomic E-state index is 0.0280. The molecule has 2 amide bonds. The van der Waals surface area contributed by atoms with Gasteiger partial charge in [-0.15, -0.1) is 0 Å². The van der Waals surface area contributed by atoms with Gasteiger partial charge in [-0.2, -0.15) is 0 Å².